The number of hydrogen-bond acceptors (Lipinski definition) is 2. The number of nitrogens with two attached hydrogens (primary N) is 1. The molecule has 0 saturated heterocycles. The van der Waals surface area contributed by atoms with E-state index in [-0.39, 0.29) is 5.82 Å². The van der Waals surface area contributed by atoms with Gasteiger partial charge in [-0.15, -0.1) is 0 Å². The fourth-order valence-corrected chi connectivity index (χ4v) is 2.48. The highest BCUT2D eigenvalue weighted by molar-refractivity contribution is 9.10. The number of fused-ring (bicyclic) bond motifs is 1. The number of imidazole rings is 1. The van der Waals surface area contributed by atoms with Crippen molar-refractivity contribution in [1.82, 2.24) is 9.55 Å². The zero-order valence-corrected chi connectivity index (χ0v) is 11.8. The predicted octanol–water partition coefficient (Wildman–Crippen LogP) is 3.72. The van der Waals surface area contributed by atoms with E-state index in [0.29, 0.717) is 17.1 Å². The normalized spacial score (nSPS) is 11.1. The van der Waals surface area contributed by atoms with Crippen molar-refractivity contribution >= 4 is 32.7 Å². The molecule has 0 saturated carbocycles. The van der Waals surface area contributed by atoms with E-state index in [1.807, 2.05) is 29.8 Å². The Kier molecular flexibility index (Phi) is 2.78. The summed E-state index contributed by atoms with van der Waals surface area (Å²) in [5.41, 5.74) is 8.41. The third-order valence-corrected chi connectivity index (χ3v) is 3.57. The van der Waals surface area contributed by atoms with E-state index in [1.54, 1.807) is 6.07 Å². The van der Waals surface area contributed by atoms with Gasteiger partial charge in [-0.05, 0) is 36.4 Å². The van der Waals surface area contributed by atoms with E-state index in [2.05, 4.69) is 20.9 Å². The van der Waals surface area contributed by atoms with E-state index in [9.17, 15) is 4.39 Å². The standard InChI is InChI=1S/C14H11BrFN3/c1-19-13-5-2-8(15)6-12(13)18-14(19)10-7-9(17)3-4-11(10)16/h2-7H,17H2,1H3. The van der Waals surface area contributed by atoms with Crippen molar-refractivity contribution in [3.05, 3.63) is 46.7 Å². The van der Waals surface area contributed by atoms with Gasteiger partial charge in [0.05, 0.1) is 16.6 Å². The maximum atomic E-state index is 13.9. The lowest BCUT2D eigenvalue weighted by molar-refractivity contribution is 0.629. The SMILES string of the molecule is Cn1c(-c2cc(N)ccc2F)nc2cc(Br)ccc21. The summed E-state index contributed by atoms with van der Waals surface area (Å²) in [6.45, 7) is 0. The molecule has 2 N–H and O–H groups in total. The molecule has 96 valence electrons. The Hall–Kier alpha value is -1.88. The Labute approximate surface area is 118 Å². The van der Waals surface area contributed by atoms with Crippen molar-refractivity contribution in [1.29, 1.82) is 0 Å². The molecule has 0 unspecified atom stereocenters. The fraction of sp³-hybridized carbons (Fsp3) is 0.0714. The molecule has 0 radical (unpaired) electrons. The second-order valence-electron chi connectivity index (χ2n) is 4.37. The van der Waals surface area contributed by atoms with E-state index in [4.69, 9.17) is 5.73 Å². The Morgan fingerprint density at radius 3 is 2.79 bits per heavy atom. The minimum absolute atomic E-state index is 0.327. The number of nitrogens with zero attached hydrogens (tertiary/aromatic N) is 2. The number of aryl methyl sites for hydroxylation is 1. The fourth-order valence-electron chi connectivity index (χ4n) is 2.13. The zero-order chi connectivity index (χ0) is 13.6. The first-order valence-corrected chi connectivity index (χ1v) is 6.53. The van der Waals surface area contributed by atoms with Crippen molar-refractivity contribution in [2.45, 2.75) is 0 Å². The summed E-state index contributed by atoms with van der Waals surface area (Å²) in [6, 6.07) is 10.3. The number of anilines is 1. The highest BCUT2D eigenvalue weighted by atomic mass is 79.9. The van der Waals surface area contributed by atoms with Gasteiger partial charge in [0.25, 0.3) is 0 Å². The van der Waals surface area contributed by atoms with Crippen LogP contribution < -0.4 is 5.73 Å². The van der Waals surface area contributed by atoms with Crippen molar-refractivity contribution < 1.29 is 4.39 Å². The van der Waals surface area contributed by atoms with Crippen LogP contribution in [0.1, 0.15) is 0 Å². The molecule has 0 fully saturated rings. The molecule has 3 rings (SSSR count). The summed E-state index contributed by atoms with van der Waals surface area (Å²) in [6.07, 6.45) is 0. The number of nitrogen functional groups attached to an aromatic ring is 1. The highest BCUT2D eigenvalue weighted by Crippen LogP contribution is 2.28. The molecule has 1 aromatic heterocycles. The van der Waals surface area contributed by atoms with Crippen LogP contribution in [0.4, 0.5) is 10.1 Å². The van der Waals surface area contributed by atoms with Crippen LogP contribution in [0.25, 0.3) is 22.4 Å². The van der Waals surface area contributed by atoms with Gasteiger partial charge in [-0.25, -0.2) is 9.37 Å². The van der Waals surface area contributed by atoms with Gasteiger partial charge < -0.3 is 10.3 Å². The molecule has 2 aromatic carbocycles. The average molecular weight is 320 g/mol. The third-order valence-electron chi connectivity index (χ3n) is 3.07. The molecule has 3 nitrogen and oxygen atoms in total. The molecule has 0 bridgehead atoms. The zero-order valence-electron chi connectivity index (χ0n) is 10.2. The molecule has 1 heterocycles. The average Bonchev–Trinajstić information content (AvgIpc) is 2.69. The van der Waals surface area contributed by atoms with E-state index < -0.39 is 0 Å². The topological polar surface area (TPSA) is 43.8 Å². The minimum atomic E-state index is -0.327. The van der Waals surface area contributed by atoms with Crippen molar-refractivity contribution in [3.8, 4) is 11.4 Å². The molecule has 0 atom stereocenters. The second-order valence-corrected chi connectivity index (χ2v) is 5.28. The largest absolute Gasteiger partial charge is 0.399 e. The predicted molar refractivity (Wildman–Crippen MR) is 78.2 cm³/mol. The number of benzene rings is 2. The Morgan fingerprint density at radius 2 is 2.00 bits per heavy atom. The van der Waals surface area contributed by atoms with Crippen molar-refractivity contribution in [2.75, 3.05) is 5.73 Å². The Balaban J connectivity index is 2.30. The molecule has 0 aliphatic carbocycles. The van der Waals surface area contributed by atoms with Gasteiger partial charge in [-0.2, -0.15) is 0 Å². The number of aromatic nitrogens is 2. The number of hydrogen-bond donors (Lipinski definition) is 1. The summed E-state index contributed by atoms with van der Waals surface area (Å²) in [5, 5.41) is 0. The lowest BCUT2D eigenvalue weighted by atomic mass is 10.2. The van der Waals surface area contributed by atoms with Crippen LogP contribution in [0.15, 0.2) is 40.9 Å². The van der Waals surface area contributed by atoms with Crippen LogP contribution in [0.5, 0.6) is 0 Å². The van der Waals surface area contributed by atoms with Crippen LogP contribution in [-0.4, -0.2) is 9.55 Å². The molecule has 3 aromatic rings. The van der Waals surface area contributed by atoms with Crippen LogP contribution in [0.2, 0.25) is 0 Å². The molecule has 5 heteroatoms. The summed E-state index contributed by atoms with van der Waals surface area (Å²) < 4.78 is 16.7. The van der Waals surface area contributed by atoms with Crippen molar-refractivity contribution in [3.63, 3.8) is 0 Å². The molecule has 0 aliphatic rings. The van der Waals surface area contributed by atoms with E-state index in [0.717, 1.165) is 15.5 Å². The molecule has 19 heavy (non-hydrogen) atoms. The number of rotatable bonds is 1. The third kappa shape index (κ3) is 2.00. The monoisotopic (exact) mass is 319 g/mol. The van der Waals surface area contributed by atoms with Crippen LogP contribution in [0, 0.1) is 5.82 Å². The highest BCUT2D eigenvalue weighted by Gasteiger charge is 2.14. The van der Waals surface area contributed by atoms with Crippen LogP contribution >= 0.6 is 15.9 Å². The molecular formula is C14H11BrFN3. The van der Waals surface area contributed by atoms with Gasteiger partial charge in [0, 0.05) is 17.2 Å². The van der Waals surface area contributed by atoms with Crippen molar-refractivity contribution in [2.24, 2.45) is 7.05 Å². The van der Waals surface area contributed by atoms with Crippen LogP contribution in [-0.2, 0) is 7.05 Å². The van der Waals surface area contributed by atoms with Gasteiger partial charge in [0.2, 0.25) is 0 Å². The van der Waals surface area contributed by atoms with E-state index in [1.165, 1.54) is 12.1 Å². The summed E-state index contributed by atoms with van der Waals surface area (Å²) in [5.74, 6) is 0.240. The Bertz CT molecular complexity index is 780. The molecule has 0 spiro atoms. The first-order valence-electron chi connectivity index (χ1n) is 5.73. The van der Waals surface area contributed by atoms with Gasteiger partial charge in [-0.3, -0.25) is 0 Å². The molecule has 0 aliphatic heterocycles. The summed E-state index contributed by atoms with van der Waals surface area (Å²) in [7, 11) is 1.86. The van der Waals surface area contributed by atoms with Crippen LogP contribution in [0.3, 0.4) is 0 Å². The maximum absolute atomic E-state index is 13.9. The van der Waals surface area contributed by atoms with Gasteiger partial charge >= 0.3 is 0 Å². The number of halogens is 2. The summed E-state index contributed by atoms with van der Waals surface area (Å²) >= 11 is 3.41. The van der Waals surface area contributed by atoms with Gasteiger partial charge in [0.1, 0.15) is 11.6 Å². The second kappa shape index (κ2) is 4.35. The molecular weight excluding hydrogens is 309 g/mol. The lowest BCUT2D eigenvalue weighted by Crippen LogP contribution is -1.96. The van der Waals surface area contributed by atoms with Gasteiger partial charge in [-0.1, -0.05) is 15.9 Å². The smallest absolute Gasteiger partial charge is 0.143 e. The first-order chi connectivity index (χ1) is 9.06. The molecule has 0 amide bonds. The minimum Gasteiger partial charge on any atom is -0.399 e. The Morgan fingerprint density at radius 1 is 1.21 bits per heavy atom. The quantitative estimate of drug-likeness (QED) is 0.695. The summed E-state index contributed by atoms with van der Waals surface area (Å²) in [4.78, 5) is 4.48. The van der Waals surface area contributed by atoms with E-state index >= 15 is 0 Å². The van der Waals surface area contributed by atoms with Gasteiger partial charge in [0.15, 0.2) is 0 Å². The first kappa shape index (κ1) is 12.2. The maximum Gasteiger partial charge on any atom is 0.143 e. The lowest BCUT2D eigenvalue weighted by Gasteiger charge is -2.05.